The number of imidazole rings is 1. The summed E-state index contributed by atoms with van der Waals surface area (Å²) in [5, 5.41) is 5.74. The number of methoxy groups -OCH3 is 1. The summed E-state index contributed by atoms with van der Waals surface area (Å²) in [7, 11) is 1.38. The molecule has 1 fully saturated rings. The van der Waals surface area contributed by atoms with Crippen molar-refractivity contribution in [3.63, 3.8) is 0 Å². The highest BCUT2D eigenvalue weighted by atomic mass is 16.6. The van der Waals surface area contributed by atoms with Crippen LogP contribution in [-0.4, -0.2) is 144 Å². The maximum atomic E-state index is 13.5. The molecular formula is C44H71N9O8. The minimum atomic E-state index is -0.520. The van der Waals surface area contributed by atoms with Crippen LogP contribution >= 0.6 is 0 Å². The summed E-state index contributed by atoms with van der Waals surface area (Å²) >= 11 is 0. The van der Waals surface area contributed by atoms with E-state index in [1.807, 2.05) is 39.0 Å². The van der Waals surface area contributed by atoms with Gasteiger partial charge in [0.25, 0.3) is 0 Å². The number of aromatic amines is 1. The van der Waals surface area contributed by atoms with E-state index in [4.69, 9.17) is 18.9 Å². The third kappa shape index (κ3) is 17.7. The number of nitrogens with zero attached hydrogens (tertiary/aromatic N) is 6. The summed E-state index contributed by atoms with van der Waals surface area (Å²) in [5.74, 6) is -0.341. The molecule has 0 aliphatic carbocycles. The lowest BCUT2D eigenvalue weighted by molar-refractivity contribution is -0.116. The number of aryl methyl sites for hydroxylation is 1. The first kappa shape index (κ1) is 49.1. The van der Waals surface area contributed by atoms with Gasteiger partial charge in [0.15, 0.2) is 11.5 Å². The molecule has 0 spiro atoms. The smallest absolute Gasteiger partial charge is 0.407 e. The number of ether oxygens (including phenoxy) is 4. The number of amides is 2. The Hall–Kier alpha value is -4.58. The van der Waals surface area contributed by atoms with Crippen LogP contribution in [0.15, 0.2) is 29.1 Å². The molecule has 1 saturated heterocycles. The Balaban J connectivity index is 1.35. The molecule has 0 radical (unpaired) electrons. The van der Waals surface area contributed by atoms with E-state index in [2.05, 4.69) is 54.1 Å². The van der Waals surface area contributed by atoms with Gasteiger partial charge in [0.2, 0.25) is 5.91 Å². The van der Waals surface area contributed by atoms with E-state index < -0.39 is 11.7 Å². The summed E-state index contributed by atoms with van der Waals surface area (Å²) in [6, 6.07) is 7.62. The van der Waals surface area contributed by atoms with E-state index in [9.17, 15) is 19.2 Å². The van der Waals surface area contributed by atoms with Gasteiger partial charge in [0.1, 0.15) is 11.1 Å². The molecule has 0 bridgehead atoms. The van der Waals surface area contributed by atoms with Crippen molar-refractivity contribution in [2.75, 3.05) is 91.2 Å². The third-order valence-electron chi connectivity index (χ3n) is 10.4. The monoisotopic (exact) mass is 854 g/mol. The van der Waals surface area contributed by atoms with Crippen LogP contribution in [-0.2, 0) is 32.1 Å². The van der Waals surface area contributed by atoms with Crippen molar-refractivity contribution < 1.29 is 33.3 Å². The number of carbonyl (C=O) groups is 3. The van der Waals surface area contributed by atoms with Crippen molar-refractivity contribution in [3.05, 3.63) is 45.9 Å². The standard InChI is InChI=1S/C44H71N9O8/c1-7-9-29-60-41-48-38(46-36(54)19-11-10-12-21-50(8-2)22-14-20-45-43(57)61-44(3,4)5)37-39(49-41)53(42(56)47-37)26-16-25-52(24-15-23-51-27-30-59-31-28-51)33-34-17-13-18-35(32-34)40(55)58-6/h13,17-18,32H,7-12,14-16,19-31,33H2,1-6H3,(H,45,57)(H,47,56)(H,46,48,49,54). The molecule has 340 valence electrons. The second-order valence-electron chi connectivity index (χ2n) is 16.5. The summed E-state index contributed by atoms with van der Waals surface area (Å²) < 4.78 is 23.3. The van der Waals surface area contributed by atoms with Gasteiger partial charge in [0.05, 0.1) is 32.5 Å². The van der Waals surface area contributed by atoms with Crippen LogP contribution in [0.5, 0.6) is 6.01 Å². The fraction of sp³-hybridized carbons (Fsp3) is 0.682. The van der Waals surface area contributed by atoms with Gasteiger partial charge in [-0.05, 0) is 110 Å². The molecule has 2 amide bonds. The maximum Gasteiger partial charge on any atom is 0.407 e. The van der Waals surface area contributed by atoms with E-state index in [-0.39, 0.29) is 29.4 Å². The third-order valence-corrected chi connectivity index (χ3v) is 10.4. The van der Waals surface area contributed by atoms with Crippen molar-refractivity contribution in [2.24, 2.45) is 0 Å². The summed E-state index contributed by atoms with van der Waals surface area (Å²) in [4.78, 5) is 70.0. The number of hydrogen-bond donors (Lipinski definition) is 3. The molecule has 3 heterocycles. The van der Waals surface area contributed by atoms with Gasteiger partial charge >= 0.3 is 23.8 Å². The lowest BCUT2D eigenvalue weighted by atomic mass is 10.1. The van der Waals surface area contributed by atoms with Gasteiger partial charge in [-0.25, -0.2) is 14.4 Å². The van der Waals surface area contributed by atoms with Crippen LogP contribution in [0.25, 0.3) is 11.2 Å². The molecule has 1 aliphatic heterocycles. The Morgan fingerprint density at radius 3 is 2.38 bits per heavy atom. The molecule has 1 aliphatic rings. The largest absolute Gasteiger partial charge is 0.465 e. The Morgan fingerprint density at radius 2 is 1.66 bits per heavy atom. The van der Waals surface area contributed by atoms with E-state index >= 15 is 0 Å². The van der Waals surface area contributed by atoms with Crippen LogP contribution in [0.3, 0.4) is 0 Å². The highest BCUT2D eigenvalue weighted by molar-refractivity contribution is 5.97. The van der Waals surface area contributed by atoms with Crippen molar-refractivity contribution in [1.82, 2.24) is 39.5 Å². The normalized spacial score (nSPS) is 13.5. The van der Waals surface area contributed by atoms with Gasteiger partial charge in [-0.2, -0.15) is 9.97 Å². The van der Waals surface area contributed by atoms with Gasteiger partial charge in [-0.15, -0.1) is 0 Å². The molecular weight excluding hydrogens is 783 g/mol. The minimum absolute atomic E-state index is 0.111. The number of fused-ring (bicyclic) bond motifs is 1. The number of benzene rings is 1. The number of unbranched alkanes of at least 4 members (excludes halogenated alkanes) is 3. The molecule has 3 N–H and O–H groups in total. The summed E-state index contributed by atoms with van der Waals surface area (Å²) in [5.41, 5.74) is 1.40. The zero-order chi connectivity index (χ0) is 44.0. The molecule has 2 aromatic heterocycles. The number of anilines is 1. The highest BCUT2D eigenvalue weighted by Crippen LogP contribution is 2.22. The van der Waals surface area contributed by atoms with E-state index in [1.165, 1.54) is 7.11 Å². The van der Waals surface area contributed by atoms with Gasteiger partial charge in [-0.1, -0.05) is 38.8 Å². The summed E-state index contributed by atoms with van der Waals surface area (Å²) in [6.45, 7) is 20.2. The Kier molecular flexibility index (Phi) is 20.9. The van der Waals surface area contributed by atoms with Gasteiger partial charge in [-0.3, -0.25) is 19.2 Å². The minimum Gasteiger partial charge on any atom is -0.465 e. The first-order valence-corrected chi connectivity index (χ1v) is 22.2. The topological polar surface area (TPSA) is 185 Å². The van der Waals surface area contributed by atoms with Crippen LogP contribution < -0.4 is 21.1 Å². The SMILES string of the molecule is CCCCOc1nc(NC(=O)CCCCCN(CC)CCCNC(=O)OC(C)(C)C)c2[nH]c(=O)n(CCCN(CCCN3CCOCC3)Cc3cccc(C(=O)OC)c3)c2n1. The number of esters is 1. The number of aromatic nitrogens is 4. The molecule has 4 rings (SSSR count). The van der Waals surface area contributed by atoms with Crippen molar-refractivity contribution in [2.45, 2.75) is 111 Å². The average molecular weight is 854 g/mol. The second kappa shape index (κ2) is 26.0. The van der Waals surface area contributed by atoms with Crippen molar-refractivity contribution in [1.29, 1.82) is 0 Å². The lowest BCUT2D eigenvalue weighted by Crippen LogP contribution is -2.38. The molecule has 0 unspecified atom stereocenters. The first-order chi connectivity index (χ1) is 29.4. The quantitative estimate of drug-likeness (QED) is 0.0652. The Labute approximate surface area is 361 Å². The molecule has 0 saturated carbocycles. The molecule has 61 heavy (non-hydrogen) atoms. The first-order valence-electron chi connectivity index (χ1n) is 22.2. The zero-order valence-electron chi connectivity index (χ0n) is 37.5. The number of H-pyrrole nitrogens is 1. The van der Waals surface area contributed by atoms with Crippen LogP contribution in [0.1, 0.15) is 108 Å². The van der Waals surface area contributed by atoms with Gasteiger partial charge < -0.3 is 39.5 Å². The van der Waals surface area contributed by atoms with E-state index in [0.717, 1.165) is 103 Å². The average Bonchev–Trinajstić information content (AvgIpc) is 3.55. The fourth-order valence-corrected chi connectivity index (χ4v) is 7.15. The lowest BCUT2D eigenvalue weighted by Gasteiger charge is -2.28. The molecule has 3 aromatic rings. The van der Waals surface area contributed by atoms with Gasteiger partial charge in [0, 0.05) is 45.7 Å². The van der Waals surface area contributed by atoms with Crippen LogP contribution in [0, 0.1) is 0 Å². The second-order valence-corrected chi connectivity index (χ2v) is 16.5. The fourth-order valence-electron chi connectivity index (χ4n) is 7.15. The predicted molar refractivity (Wildman–Crippen MR) is 236 cm³/mol. The molecule has 1 aromatic carbocycles. The van der Waals surface area contributed by atoms with Crippen LogP contribution in [0.2, 0.25) is 0 Å². The molecule has 17 heteroatoms. The number of rotatable bonds is 27. The summed E-state index contributed by atoms with van der Waals surface area (Å²) in [6.07, 6.45) is 6.59. The predicted octanol–water partition coefficient (Wildman–Crippen LogP) is 5.44. The van der Waals surface area contributed by atoms with E-state index in [1.54, 1.807) is 10.6 Å². The number of alkyl carbamates (subject to hydrolysis) is 1. The maximum absolute atomic E-state index is 13.5. The van der Waals surface area contributed by atoms with Crippen molar-refractivity contribution in [3.8, 4) is 6.01 Å². The molecule has 0 atom stereocenters. The zero-order valence-corrected chi connectivity index (χ0v) is 37.5. The Morgan fingerprint density at radius 1 is 0.918 bits per heavy atom. The number of hydrogen-bond acceptors (Lipinski definition) is 13. The number of nitrogens with one attached hydrogen (secondary N) is 3. The number of morpholine rings is 1. The highest BCUT2D eigenvalue weighted by Gasteiger charge is 2.20. The molecule has 17 nitrogen and oxygen atoms in total. The van der Waals surface area contributed by atoms with E-state index in [0.29, 0.717) is 68.8 Å². The van der Waals surface area contributed by atoms with Crippen LogP contribution in [0.4, 0.5) is 10.6 Å². The van der Waals surface area contributed by atoms with Crippen molar-refractivity contribution >= 4 is 35.0 Å². The number of carbonyl (C=O) groups excluding carboxylic acids is 3. The Bertz CT molecular complexity index is 1850.